The molecule has 15 heavy (non-hydrogen) atoms. The van der Waals surface area contributed by atoms with Crippen molar-refractivity contribution in [2.75, 3.05) is 14.2 Å². The second kappa shape index (κ2) is 6.58. The summed E-state index contributed by atoms with van der Waals surface area (Å²) in [5.41, 5.74) is 0. The standard InChI is InChI=1S/C8H17O6P/c1-10-13-15(9,14-11-2)12-8-6-4-3-5-7-8/h8H,3-7H2,1-2H3. The first kappa shape index (κ1) is 13.1. The second-order valence-electron chi connectivity index (χ2n) is 3.30. The van der Waals surface area contributed by atoms with Crippen LogP contribution in [0.1, 0.15) is 32.1 Å². The molecule has 0 atom stereocenters. The van der Waals surface area contributed by atoms with Gasteiger partial charge in [0.15, 0.2) is 0 Å². The lowest BCUT2D eigenvalue weighted by molar-refractivity contribution is -0.262. The van der Waals surface area contributed by atoms with Crippen molar-refractivity contribution in [2.45, 2.75) is 38.2 Å². The van der Waals surface area contributed by atoms with E-state index in [1.54, 1.807) is 0 Å². The van der Waals surface area contributed by atoms with Crippen LogP contribution in [0.15, 0.2) is 0 Å². The van der Waals surface area contributed by atoms with E-state index in [0.29, 0.717) is 0 Å². The van der Waals surface area contributed by atoms with Gasteiger partial charge in [0.05, 0.1) is 20.3 Å². The zero-order chi connectivity index (χ0) is 11.1. The molecule has 6 nitrogen and oxygen atoms in total. The first-order valence-corrected chi connectivity index (χ1v) is 6.39. The quantitative estimate of drug-likeness (QED) is 0.404. The number of hydrogen-bond acceptors (Lipinski definition) is 6. The van der Waals surface area contributed by atoms with Crippen LogP contribution in [-0.4, -0.2) is 20.3 Å². The maximum atomic E-state index is 11.8. The van der Waals surface area contributed by atoms with E-state index in [-0.39, 0.29) is 6.10 Å². The van der Waals surface area contributed by atoms with E-state index in [1.807, 2.05) is 0 Å². The SMILES string of the molecule is COOP(=O)(OOC)OC1CCCCC1. The molecule has 90 valence electrons. The van der Waals surface area contributed by atoms with Crippen molar-refractivity contribution in [3.63, 3.8) is 0 Å². The fraction of sp³-hybridized carbons (Fsp3) is 1.00. The normalized spacial score (nSPS) is 19.3. The summed E-state index contributed by atoms with van der Waals surface area (Å²) >= 11 is 0. The van der Waals surface area contributed by atoms with E-state index in [0.717, 1.165) is 25.7 Å². The summed E-state index contributed by atoms with van der Waals surface area (Å²) in [6.07, 6.45) is 4.89. The maximum absolute atomic E-state index is 11.8. The molecule has 0 aliphatic heterocycles. The van der Waals surface area contributed by atoms with Gasteiger partial charge in [-0.05, 0) is 12.8 Å². The van der Waals surface area contributed by atoms with Crippen LogP contribution in [-0.2, 0) is 28.2 Å². The number of hydrogen-bond donors (Lipinski definition) is 0. The van der Waals surface area contributed by atoms with Crippen molar-refractivity contribution in [1.82, 2.24) is 0 Å². The minimum Gasteiger partial charge on any atom is -0.280 e. The molecule has 0 amide bonds. The van der Waals surface area contributed by atoms with E-state index in [4.69, 9.17) is 4.52 Å². The molecule has 1 aliphatic rings. The Morgan fingerprint density at radius 1 is 1.00 bits per heavy atom. The van der Waals surface area contributed by atoms with Gasteiger partial charge in [-0.25, -0.2) is 14.3 Å². The molecule has 0 unspecified atom stereocenters. The third-order valence-electron chi connectivity index (χ3n) is 2.16. The van der Waals surface area contributed by atoms with Crippen molar-refractivity contribution in [3.05, 3.63) is 0 Å². The molecule has 0 spiro atoms. The van der Waals surface area contributed by atoms with Crippen molar-refractivity contribution < 1.29 is 28.2 Å². The van der Waals surface area contributed by atoms with Gasteiger partial charge in [0.25, 0.3) is 0 Å². The largest absolute Gasteiger partial charge is 0.529 e. The summed E-state index contributed by atoms with van der Waals surface area (Å²) in [5.74, 6) is 0. The fourth-order valence-electron chi connectivity index (χ4n) is 1.58. The molecule has 1 fully saturated rings. The minimum absolute atomic E-state index is 0.116. The monoisotopic (exact) mass is 240 g/mol. The Hall–Kier alpha value is 0.0300. The number of phosphoric acid groups is 1. The molecule has 0 aromatic carbocycles. The molecular formula is C8H17O6P. The van der Waals surface area contributed by atoms with Crippen LogP contribution in [0.4, 0.5) is 0 Å². The Bertz CT molecular complexity index is 205. The molecule has 1 saturated carbocycles. The van der Waals surface area contributed by atoms with E-state index in [9.17, 15) is 4.57 Å². The molecule has 0 N–H and O–H groups in total. The second-order valence-corrected chi connectivity index (χ2v) is 4.70. The Labute approximate surface area is 89.3 Å². The van der Waals surface area contributed by atoms with Crippen LogP contribution >= 0.6 is 7.82 Å². The summed E-state index contributed by atoms with van der Waals surface area (Å²) in [5, 5.41) is 0. The van der Waals surface area contributed by atoms with E-state index < -0.39 is 7.82 Å². The zero-order valence-electron chi connectivity index (χ0n) is 9.01. The molecule has 1 rings (SSSR count). The van der Waals surface area contributed by atoms with Crippen LogP contribution < -0.4 is 0 Å². The average molecular weight is 240 g/mol. The highest BCUT2D eigenvalue weighted by Crippen LogP contribution is 2.52. The summed E-state index contributed by atoms with van der Waals surface area (Å²) in [7, 11) is -1.27. The Balaban J connectivity index is 2.45. The summed E-state index contributed by atoms with van der Waals surface area (Å²) < 4.78 is 25.9. The smallest absolute Gasteiger partial charge is 0.280 e. The Morgan fingerprint density at radius 2 is 1.53 bits per heavy atom. The van der Waals surface area contributed by atoms with Crippen LogP contribution in [0.2, 0.25) is 0 Å². The Morgan fingerprint density at radius 3 is 2.00 bits per heavy atom. The lowest BCUT2D eigenvalue weighted by Gasteiger charge is -2.24. The van der Waals surface area contributed by atoms with Gasteiger partial charge in [0.1, 0.15) is 0 Å². The molecule has 7 heteroatoms. The lowest BCUT2D eigenvalue weighted by atomic mass is 9.98. The van der Waals surface area contributed by atoms with Gasteiger partial charge in [-0.2, -0.15) is 0 Å². The molecule has 1 aliphatic carbocycles. The van der Waals surface area contributed by atoms with Crippen LogP contribution in [0.25, 0.3) is 0 Å². The van der Waals surface area contributed by atoms with Gasteiger partial charge in [-0.3, -0.25) is 4.52 Å². The third kappa shape index (κ3) is 4.59. The van der Waals surface area contributed by atoms with E-state index in [2.05, 4.69) is 19.1 Å². The van der Waals surface area contributed by atoms with Gasteiger partial charge < -0.3 is 0 Å². The fourth-order valence-corrected chi connectivity index (χ4v) is 2.62. The summed E-state index contributed by atoms with van der Waals surface area (Å²) in [6.45, 7) is 0. The molecule has 0 saturated heterocycles. The molecule has 0 aromatic rings. The van der Waals surface area contributed by atoms with E-state index in [1.165, 1.54) is 20.6 Å². The minimum atomic E-state index is -3.73. The highest BCUT2D eigenvalue weighted by Gasteiger charge is 2.34. The molecule has 0 aromatic heterocycles. The molecule has 0 radical (unpaired) electrons. The van der Waals surface area contributed by atoms with Crippen molar-refractivity contribution in [3.8, 4) is 0 Å². The summed E-state index contributed by atoms with van der Waals surface area (Å²) in [4.78, 5) is 8.62. The van der Waals surface area contributed by atoms with Gasteiger partial charge in [-0.15, -0.1) is 9.35 Å². The molecule has 0 bridgehead atoms. The highest BCUT2D eigenvalue weighted by molar-refractivity contribution is 7.48. The van der Waals surface area contributed by atoms with Crippen molar-refractivity contribution in [2.24, 2.45) is 0 Å². The first-order chi connectivity index (χ1) is 7.20. The van der Waals surface area contributed by atoms with Gasteiger partial charge in [0, 0.05) is 0 Å². The third-order valence-corrected chi connectivity index (χ3v) is 3.38. The predicted octanol–water partition coefficient (Wildman–Crippen LogP) is 2.60. The lowest BCUT2D eigenvalue weighted by Crippen LogP contribution is -2.16. The number of rotatable bonds is 6. The summed E-state index contributed by atoms with van der Waals surface area (Å²) in [6, 6.07) is 0. The van der Waals surface area contributed by atoms with Gasteiger partial charge in [-0.1, -0.05) is 19.3 Å². The Kier molecular flexibility index (Phi) is 5.74. The van der Waals surface area contributed by atoms with Gasteiger partial charge in [0.2, 0.25) is 0 Å². The first-order valence-electron chi connectivity index (χ1n) is 4.93. The predicted molar refractivity (Wildman–Crippen MR) is 51.8 cm³/mol. The van der Waals surface area contributed by atoms with E-state index >= 15 is 0 Å². The van der Waals surface area contributed by atoms with Crippen molar-refractivity contribution >= 4 is 7.82 Å². The zero-order valence-corrected chi connectivity index (χ0v) is 9.90. The maximum Gasteiger partial charge on any atom is 0.529 e. The van der Waals surface area contributed by atoms with Crippen LogP contribution in [0, 0.1) is 0 Å². The highest BCUT2D eigenvalue weighted by atomic mass is 31.2. The average Bonchev–Trinajstić information content (AvgIpc) is 2.19. The molecule has 0 heterocycles. The van der Waals surface area contributed by atoms with Gasteiger partial charge >= 0.3 is 7.82 Å². The topological polar surface area (TPSA) is 63.2 Å². The van der Waals surface area contributed by atoms with Crippen LogP contribution in [0.5, 0.6) is 0 Å². The van der Waals surface area contributed by atoms with Crippen LogP contribution in [0.3, 0.4) is 0 Å². The van der Waals surface area contributed by atoms with Crippen molar-refractivity contribution in [1.29, 1.82) is 0 Å². The molecular weight excluding hydrogens is 223 g/mol.